The largest absolute Gasteiger partial charge is 0.465 e. The van der Waals surface area contributed by atoms with E-state index in [0.717, 1.165) is 5.56 Å². The normalized spacial score (nSPS) is 15.5. The van der Waals surface area contributed by atoms with Gasteiger partial charge in [0.2, 0.25) is 0 Å². The van der Waals surface area contributed by atoms with Gasteiger partial charge < -0.3 is 19.5 Å². The zero-order chi connectivity index (χ0) is 18.2. The number of benzene rings is 1. The molecule has 1 aromatic carbocycles. The SMILES string of the molecule is CCOC(=O)[C@@H](N)[C@@H](c1ccccc1)[C@@H](C)P(=O)(OCC)OCC. The Balaban J connectivity index is 3.25. The molecule has 0 aliphatic heterocycles. The average Bonchev–Trinajstić information content (AvgIpc) is 2.56. The van der Waals surface area contributed by atoms with Crippen LogP contribution in [0.5, 0.6) is 0 Å². The van der Waals surface area contributed by atoms with Crippen molar-refractivity contribution in [3.05, 3.63) is 35.9 Å². The van der Waals surface area contributed by atoms with E-state index in [1.807, 2.05) is 30.3 Å². The molecule has 0 aliphatic rings. The maximum atomic E-state index is 13.2. The summed E-state index contributed by atoms with van der Waals surface area (Å²) in [6.07, 6.45) is 0. The molecule has 1 rings (SSSR count). The van der Waals surface area contributed by atoms with Gasteiger partial charge in [0.1, 0.15) is 6.04 Å². The van der Waals surface area contributed by atoms with E-state index in [-0.39, 0.29) is 19.8 Å². The summed E-state index contributed by atoms with van der Waals surface area (Å²) in [6.45, 7) is 7.69. The molecule has 136 valence electrons. The molecule has 7 heteroatoms. The maximum absolute atomic E-state index is 13.2. The van der Waals surface area contributed by atoms with Crippen LogP contribution in [0, 0.1) is 0 Å². The lowest BCUT2D eigenvalue weighted by atomic mass is 9.89. The zero-order valence-corrected chi connectivity index (χ0v) is 15.7. The van der Waals surface area contributed by atoms with Crippen molar-refractivity contribution < 1.29 is 23.1 Å². The summed E-state index contributed by atoms with van der Waals surface area (Å²) in [5.41, 5.74) is 6.36. The quantitative estimate of drug-likeness (QED) is 0.510. The molecule has 3 atom stereocenters. The number of carbonyl (C=O) groups is 1. The van der Waals surface area contributed by atoms with Crippen LogP contribution < -0.4 is 5.73 Å². The van der Waals surface area contributed by atoms with Gasteiger partial charge in [-0.05, 0) is 26.3 Å². The van der Waals surface area contributed by atoms with Crippen LogP contribution in [-0.2, 0) is 23.1 Å². The predicted molar refractivity (Wildman–Crippen MR) is 94.1 cm³/mol. The van der Waals surface area contributed by atoms with Gasteiger partial charge in [-0.15, -0.1) is 0 Å². The average molecular weight is 357 g/mol. The van der Waals surface area contributed by atoms with Gasteiger partial charge in [-0.2, -0.15) is 0 Å². The molecule has 0 saturated heterocycles. The second-order valence-electron chi connectivity index (χ2n) is 5.33. The van der Waals surface area contributed by atoms with Crippen LogP contribution in [-0.4, -0.2) is 37.5 Å². The summed E-state index contributed by atoms with van der Waals surface area (Å²) >= 11 is 0. The second kappa shape index (κ2) is 9.94. The van der Waals surface area contributed by atoms with Crippen molar-refractivity contribution >= 4 is 13.6 Å². The van der Waals surface area contributed by atoms with E-state index in [0.29, 0.717) is 0 Å². The van der Waals surface area contributed by atoms with Gasteiger partial charge in [0, 0.05) is 5.92 Å². The number of ether oxygens (including phenoxy) is 1. The predicted octanol–water partition coefficient (Wildman–Crippen LogP) is 3.32. The van der Waals surface area contributed by atoms with Crippen molar-refractivity contribution in [3.63, 3.8) is 0 Å². The first-order chi connectivity index (χ1) is 11.4. The van der Waals surface area contributed by atoms with Crippen molar-refractivity contribution in [2.75, 3.05) is 19.8 Å². The second-order valence-corrected chi connectivity index (χ2v) is 7.74. The van der Waals surface area contributed by atoms with Gasteiger partial charge in [-0.3, -0.25) is 9.36 Å². The summed E-state index contributed by atoms with van der Waals surface area (Å²) in [6, 6.07) is 8.30. The maximum Gasteiger partial charge on any atom is 0.334 e. The number of hydrogen-bond acceptors (Lipinski definition) is 6. The van der Waals surface area contributed by atoms with E-state index in [1.165, 1.54) is 0 Å². The number of carbonyl (C=O) groups excluding carboxylic acids is 1. The van der Waals surface area contributed by atoms with Crippen LogP contribution in [0.3, 0.4) is 0 Å². The number of hydrogen-bond donors (Lipinski definition) is 1. The lowest BCUT2D eigenvalue weighted by Gasteiger charge is -2.32. The number of nitrogens with two attached hydrogens (primary N) is 1. The Morgan fingerprint density at radius 2 is 1.62 bits per heavy atom. The van der Waals surface area contributed by atoms with Crippen molar-refractivity contribution in [2.45, 2.75) is 45.3 Å². The molecule has 0 spiro atoms. The fourth-order valence-electron chi connectivity index (χ4n) is 2.68. The Bertz CT molecular complexity index is 541. The fraction of sp³-hybridized carbons (Fsp3) is 0.588. The molecule has 6 nitrogen and oxygen atoms in total. The highest BCUT2D eigenvalue weighted by Gasteiger charge is 2.43. The lowest BCUT2D eigenvalue weighted by Crippen LogP contribution is -2.42. The highest BCUT2D eigenvalue weighted by molar-refractivity contribution is 7.54. The van der Waals surface area contributed by atoms with Crippen molar-refractivity contribution in [3.8, 4) is 0 Å². The molecule has 0 aliphatic carbocycles. The van der Waals surface area contributed by atoms with Gasteiger partial charge in [-0.25, -0.2) is 0 Å². The van der Waals surface area contributed by atoms with Crippen molar-refractivity contribution in [1.82, 2.24) is 0 Å². The molecule has 0 amide bonds. The summed E-state index contributed by atoms with van der Waals surface area (Å²) in [5, 5.41) is 0. The smallest absolute Gasteiger partial charge is 0.334 e. The Kier molecular flexibility index (Phi) is 8.63. The Morgan fingerprint density at radius 1 is 1.08 bits per heavy atom. The third-order valence-electron chi connectivity index (χ3n) is 3.77. The molecule has 2 N–H and O–H groups in total. The summed E-state index contributed by atoms with van der Waals surface area (Å²) in [7, 11) is -3.43. The highest BCUT2D eigenvalue weighted by atomic mass is 31.2. The van der Waals surface area contributed by atoms with Gasteiger partial charge in [-0.1, -0.05) is 37.3 Å². The van der Waals surface area contributed by atoms with E-state index >= 15 is 0 Å². The monoisotopic (exact) mass is 357 g/mol. The summed E-state index contributed by atoms with van der Waals surface area (Å²) in [5.74, 6) is -1.08. The van der Waals surface area contributed by atoms with E-state index in [1.54, 1.807) is 27.7 Å². The highest BCUT2D eigenvalue weighted by Crippen LogP contribution is 2.57. The number of esters is 1. The standard InChI is InChI=1S/C17H28NO5P/c1-5-21-17(19)16(18)15(14-11-9-8-10-12-14)13(4)24(20,22-6-2)23-7-3/h8-13,15-16H,5-7,18H2,1-4H3/t13-,15-,16+/m1/s1. The Morgan fingerprint density at radius 3 is 2.08 bits per heavy atom. The van der Waals surface area contributed by atoms with Crippen molar-refractivity contribution in [2.24, 2.45) is 5.73 Å². The summed E-state index contributed by atoms with van der Waals surface area (Å²) in [4.78, 5) is 12.2. The first-order valence-electron chi connectivity index (χ1n) is 8.27. The van der Waals surface area contributed by atoms with Gasteiger partial charge in [0.05, 0.1) is 25.5 Å². The third kappa shape index (κ3) is 5.15. The molecule has 0 heterocycles. The topological polar surface area (TPSA) is 87.9 Å². The minimum atomic E-state index is -3.43. The first kappa shape index (κ1) is 20.8. The Hall–Kier alpha value is -1.20. The molecule has 24 heavy (non-hydrogen) atoms. The van der Waals surface area contributed by atoms with Crippen LogP contribution in [0.1, 0.15) is 39.2 Å². The summed E-state index contributed by atoms with van der Waals surface area (Å²) < 4.78 is 29.1. The zero-order valence-electron chi connectivity index (χ0n) is 14.8. The van der Waals surface area contributed by atoms with Crippen LogP contribution >= 0.6 is 7.60 Å². The molecule has 0 aromatic heterocycles. The lowest BCUT2D eigenvalue weighted by molar-refractivity contribution is -0.145. The van der Waals surface area contributed by atoms with Gasteiger partial charge >= 0.3 is 13.6 Å². The van der Waals surface area contributed by atoms with Crippen molar-refractivity contribution in [1.29, 1.82) is 0 Å². The van der Waals surface area contributed by atoms with E-state index in [2.05, 4.69) is 0 Å². The van der Waals surface area contributed by atoms with Crippen LogP contribution in [0.15, 0.2) is 30.3 Å². The van der Waals surface area contributed by atoms with E-state index in [4.69, 9.17) is 19.5 Å². The van der Waals surface area contributed by atoms with Crippen LogP contribution in [0.25, 0.3) is 0 Å². The van der Waals surface area contributed by atoms with Crippen LogP contribution in [0.4, 0.5) is 0 Å². The van der Waals surface area contributed by atoms with Gasteiger partial charge in [0.15, 0.2) is 0 Å². The molecule has 0 unspecified atom stereocenters. The van der Waals surface area contributed by atoms with E-state index in [9.17, 15) is 9.36 Å². The van der Waals surface area contributed by atoms with Crippen LogP contribution in [0.2, 0.25) is 0 Å². The first-order valence-corrected chi connectivity index (χ1v) is 9.88. The molecule has 0 saturated carbocycles. The molecular weight excluding hydrogens is 329 g/mol. The third-order valence-corrected chi connectivity index (χ3v) is 6.32. The van der Waals surface area contributed by atoms with Gasteiger partial charge in [0.25, 0.3) is 0 Å². The Labute approximate surface area is 144 Å². The molecular formula is C17H28NO5P. The molecule has 0 bridgehead atoms. The molecule has 0 radical (unpaired) electrons. The number of rotatable bonds is 10. The minimum Gasteiger partial charge on any atom is -0.465 e. The molecule has 1 aromatic rings. The fourth-order valence-corrected chi connectivity index (χ4v) is 4.69. The molecule has 0 fully saturated rings. The van der Waals surface area contributed by atoms with E-state index < -0.39 is 31.2 Å². The minimum absolute atomic E-state index is 0.233.